The molecule has 0 unspecified atom stereocenters. The fourth-order valence-corrected chi connectivity index (χ4v) is 13.8. The molecule has 0 bridgehead atoms. The number of carbonyl (C=O) groups excluding carboxylic acids is 4. The number of nitriles is 2. The first-order valence-electron chi connectivity index (χ1n) is 31.8. The number of morpholine rings is 2. The van der Waals surface area contributed by atoms with Crippen molar-refractivity contribution in [1.29, 1.82) is 10.5 Å². The highest BCUT2D eigenvalue weighted by Crippen LogP contribution is 2.41. The summed E-state index contributed by atoms with van der Waals surface area (Å²) in [6, 6.07) is 23.2. The molecule has 6 atom stereocenters. The Morgan fingerprint density at radius 2 is 0.989 bits per heavy atom. The van der Waals surface area contributed by atoms with Gasteiger partial charge in [-0.25, -0.2) is 8.78 Å². The van der Waals surface area contributed by atoms with Gasteiger partial charge in [0, 0.05) is 162 Å². The van der Waals surface area contributed by atoms with E-state index in [9.17, 15) is 48.1 Å². The number of amides is 4. The third-order valence-corrected chi connectivity index (χ3v) is 18.9. The average Bonchev–Trinajstić information content (AvgIpc) is 1.61. The van der Waals surface area contributed by atoms with E-state index in [0.29, 0.717) is 137 Å². The predicted molar refractivity (Wildman–Crippen MR) is 341 cm³/mol. The number of ether oxygens (including phenoxy) is 2. The van der Waals surface area contributed by atoms with Crippen molar-refractivity contribution in [3.05, 3.63) is 161 Å². The first kappa shape index (κ1) is 65.5. The third kappa shape index (κ3) is 14.9. The van der Waals surface area contributed by atoms with Crippen molar-refractivity contribution < 1.29 is 37.4 Å². The molecule has 22 nitrogen and oxygen atoms in total. The van der Waals surface area contributed by atoms with Crippen molar-refractivity contribution in [1.82, 2.24) is 50.8 Å². The first-order chi connectivity index (χ1) is 44.0. The van der Waals surface area contributed by atoms with E-state index in [1.807, 2.05) is 64.1 Å². The molecule has 0 radical (unpaired) electrons. The number of anilines is 2. The average molecular weight is 1260 g/mol. The van der Waals surface area contributed by atoms with E-state index < -0.39 is 34.7 Å². The molecule has 4 saturated heterocycles. The van der Waals surface area contributed by atoms with Crippen LogP contribution in [-0.4, -0.2) is 194 Å². The van der Waals surface area contributed by atoms with E-state index >= 15 is 0 Å². The zero-order valence-corrected chi connectivity index (χ0v) is 53.1. The van der Waals surface area contributed by atoms with Crippen LogP contribution in [0.4, 0.5) is 20.2 Å². The molecular weight excluding hydrogens is 1180 g/mol. The van der Waals surface area contributed by atoms with Gasteiger partial charge in [-0.05, 0) is 72.5 Å². The molecule has 4 fully saturated rings. The second-order valence-electron chi connectivity index (χ2n) is 27.0. The quantitative estimate of drug-likeness (QED) is 0.0737. The van der Waals surface area contributed by atoms with Crippen LogP contribution in [0.25, 0.3) is 0 Å². The molecule has 0 saturated carbocycles. The number of rotatable bonds is 18. The summed E-state index contributed by atoms with van der Waals surface area (Å²) in [7, 11) is 0. The summed E-state index contributed by atoms with van der Waals surface area (Å²) in [6.45, 7) is 20.1. The molecule has 8 heterocycles. The SMILES string of the molecule is C[C@@H]1CN(CC(=O)N2CC(C)(C)c3[nH]c(=O)c(Cc4ccc(F)cc4C#N)cc32)[C@@H](CN2CCO[C@H](C(=O)NCc3ccc(CNC(=O)[C@@H]4CN(C[C@H]5CN[C@H](C)CN5CC(=O)N5CC(C)(C)c6[nH]c(=O)c(Cc7ccc(F)cc7C#N)cc65)CCO4)cc3)C2)CN1. The number of nitrogens with one attached hydrogen (secondary N) is 6. The maximum absolute atomic E-state index is 14.4. The predicted octanol–water partition coefficient (Wildman–Crippen LogP) is 2.87. The van der Waals surface area contributed by atoms with Crippen LogP contribution < -0.4 is 42.2 Å². The largest absolute Gasteiger partial charge is 0.366 e. The number of benzene rings is 3. The fourth-order valence-electron chi connectivity index (χ4n) is 13.8. The van der Waals surface area contributed by atoms with Gasteiger partial charge in [-0.15, -0.1) is 0 Å². The fraction of sp³-hybridized carbons (Fsp3) is 0.500. The third-order valence-electron chi connectivity index (χ3n) is 18.9. The summed E-state index contributed by atoms with van der Waals surface area (Å²) >= 11 is 0. The highest BCUT2D eigenvalue weighted by Gasteiger charge is 2.44. The number of piperazine rings is 2. The molecular formula is C68H82F2N14O8. The minimum absolute atomic E-state index is 0.0487. The summed E-state index contributed by atoms with van der Waals surface area (Å²) in [5.74, 6) is -1.75. The van der Waals surface area contributed by atoms with Crippen LogP contribution in [0.1, 0.15) is 97.4 Å². The van der Waals surface area contributed by atoms with Crippen molar-refractivity contribution in [2.45, 2.75) is 115 Å². The minimum Gasteiger partial charge on any atom is -0.366 e. The van der Waals surface area contributed by atoms with Crippen molar-refractivity contribution >= 4 is 35.0 Å². The van der Waals surface area contributed by atoms with Crippen LogP contribution in [0.15, 0.2) is 82.4 Å². The van der Waals surface area contributed by atoms with Crippen LogP contribution in [0.2, 0.25) is 0 Å². The van der Waals surface area contributed by atoms with Gasteiger partial charge in [-0.1, -0.05) is 64.1 Å². The molecule has 11 rings (SSSR count). The van der Waals surface area contributed by atoms with E-state index in [4.69, 9.17) is 9.47 Å². The summed E-state index contributed by atoms with van der Waals surface area (Å²) < 4.78 is 39.9. The highest BCUT2D eigenvalue weighted by molar-refractivity contribution is 5.98. The molecule has 6 N–H and O–H groups in total. The topological polar surface area (TPSA) is 268 Å². The zero-order valence-electron chi connectivity index (χ0n) is 53.1. The Hall–Kier alpha value is -8.04. The van der Waals surface area contributed by atoms with Gasteiger partial charge in [0.05, 0.1) is 60.9 Å². The second-order valence-corrected chi connectivity index (χ2v) is 27.0. The molecule has 6 aliphatic heterocycles. The lowest BCUT2D eigenvalue weighted by molar-refractivity contribution is -0.139. The second kappa shape index (κ2) is 27.7. The molecule has 5 aromatic rings. The summed E-state index contributed by atoms with van der Waals surface area (Å²) in [4.78, 5) is 101. The number of fused-ring (bicyclic) bond motifs is 2. The van der Waals surface area contributed by atoms with Crippen LogP contribution >= 0.6 is 0 Å². The van der Waals surface area contributed by atoms with Crippen molar-refractivity contribution in [3.63, 3.8) is 0 Å². The van der Waals surface area contributed by atoms with E-state index in [0.717, 1.165) is 23.3 Å². The van der Waals surface area contributed by atoms with Crippen molar-refractivity contribution in [2.24, 2.45) is 0 Å². The van der Waals surface area contributed by atoms with Crippen LogP contribution in [0.3, 0.4) is 0 Å². The van der Waals surface area contributed by atoms with Crippen molar-refractivity contribution in [3.8, 4) is 12.1 Å². The number of hydrogen-bond donors (Lipinski definition) is 6. The molecule has 4 amide bonds. The highest BCUT2D eigenvalue weighted by atomic mass is 19.1. The maximum Gasteiger partial charge on any atom is 0.251 e. The number of halogens is 2. The Morgan fingerprint density at radius 1 is 0.587 bits per heavy atom. The van der Waals surface area contributed by atoms with Gasteiger partial charge in [-0.3, -0.25) is 48.4 Å². The molecule has 0 spiro atoms. The monoisotopic (exact) mass is 1260 g/mol. The van der Waals surface area contributed by atoms with Gasteiger partial charge in [0.25, 0.3) is 22.9 Å². The molecule has 24 heteroatoms. The number of hydrogen-bond acceptors (Lipinski definition) is 16. The van der Waals surface area contributed by atoms with Crippen LogP contribution in [0, 0.1) is 34.3 Å². The van der Waals surface area contributed by atoms with Gasteiger partial charge in [0.15, 0.2) is 0 Å². The van der Waals surface area contributed by atoms with E-state index in [2.05, 4.69) is 64.7 Å². The lowest BCUT2D eigenvalue weighted by Gasteiger charge is -2.43. The Morgan fingerprint density at radius 3 is 1.38 bits per heavy atom. The van der Waals surface area contributed by atoms with Gasteiger partial charge in [-0.2, -0.15) is 10.5 Å². The Balaban J connectivity index is 0.635. The molecule has 0 aliphatic carbocycles. The lowest BCUT2D eigenvalue weighted by atomic mass is 9.90. The number of aromatic amines is 2. The normalized spacial score (nSPS) is 23.3. The number of H-pyrrole nitrogens is 2. The van der Waals surface area contributed by atoms with Gasteiger partial charge < -0.3 is 50.5 Å². The Bertz CT molecular complexity index is 3580. The Labute approximate surface area is 534 Å². The standard InChI is InChI=1S/C68H82F2N14O8/c1-41-31-81(37-59(85)83-39-67(3,4)61-55(83)23-47(63(87)77-61)19-45-11-13-51(69)21-49(45)25-71)53(29-73-41)33-79-15-17-91-57(35-79)65(89)75-27-43-7-9-44(10-8-43)28-76-66(90)58-36-80(16-18-92-58)34-54-30-74-42(2)32-82(54)38-60(86)84-40-68(5,6)62-56(84)24-48(64(88)78-62)20-46-12-14-52(70)22-50(46)26-72/h7-14,21-24,41-42,53-54,57-58,73-74H,15-20,27-40H2,1-6H3,(H,75,89)(H,76,90)(H,77,87)(H,78,88)/t41-,42-,53-,54-,57+,58+/m1/s1. The molecule has 3 aromatic carbocycles. The van der Waals surface area contributed by atoms with Crippen LogP contribution in [-0.2, 0) is 65.4 Å². The van der Waals surface area contributed by atoms with Gasteiger partial charge in [0.1, 0.15) is 23.8 Å². The Kier molecular flexibility index (Phi) is 19.7. The number of nitrogens with zero attached hydrogens (tertiary/aromatic N) is 8. The molecule has 92 heavy (non-hydrogen) atoms. The van der Waals surface area contributed by atoms with E-state index in [1.165, 1.54) is 24.3 Å². The van der Waals surface area contributed by atoms with E-state index in [-0.39, 0.29) is 109 Å². The molecule has 2 aromatic heterocycles. The van der Waals surface area contributed by atoms with Gasteiger partial charge in [0.2, 0.25) is 11.8 Å². The maximum atomic E-state index is 14.4. The smallest absolute Gasteiger partial charge is 0.251 e. The zero-order chi connectivity index (χ0) is 65.2. The van der Waals surface area contributed by atoms with Crippen LogP contribution in [0.5, 0.6) is 0 Å². The number of pyridine rings is 2. The number of carbonyl (C=O) groups is 4. The number of aromatic nitrogens is 2. The minimum atomic E-state index is -0.702. The van der Waals surface area contributed by atoms with Crippen molar-refractivity contribution in [2.75, 3.05) is 115 Å². The summed E-state index contributed by atoms with van der Waals surface area (Å²) in [5.41, 5.74) is 4.67. The summed E-state index contributed by atoms with van der Waals surface area (Å²) in [6.07, 6.45) is -1.21. The molecule has 6 aliphatic rings. The first-order valence-corrected chi connectivity index (χ1v) is 31.8. The van der Waals surface area contributed by atoms with E-state index in [1.54, 1.807) is 21.9 Å². The van der Waals surface area contributed by atoms with Gasteiger partial charge >= 0.3 is 0 Å². The molecule has 486 valence electrons. The lowest BCUT2D eigenvalue weighted by Crippen LogP contribution is -2.62. The summed E-state index contributed by atoms with van der Waals surface area (Å²) in [5, 5.41) is 32.6.